The van der Waals surface area contributed by atoms with Crippen LogP contribution in [-0.2, 0) is 16.8 Å². The first-order chi connectivity index (χ1) is 11.8. The maximum Gasteiger partial charge on any atom is 0.232 e. The Morgan fingerprint density at radius 2 is 2.12 bits per heavy atom. The molecule has 6 nitrogen and oxygen atoms in total. The minimum atomic E-state index is -0.113. The molecular formula is C19H32N4O2. The normalized spacial score (nSPS) is 23.4. The van der Waals surface area contributed by atoms with E-state index in [1.807, 2.05) is 0 Å². The number of hydrogen-bond donors (Lipinski definition) is 1. The number of carbonyl (C=O) groups is 1. The van der Waals surface area contributed by atoms with Crippen molar-refractivity contribution in [2.24, 2.45) is 17.8 Å². The second-order valence-electron chi connectivity index (χ2n) is 8.88. The topological polar surface area (TPSA) is 71.3 Å². The van der Waals surface area contributed by atoms with E-state index in [4.69, 9.17) is 4.52 Å². The van der Waals surface area contributed by atoms with Crippen LogP contribution in [-0.4, -0.2) is 40.6 Å². The Balaban J connectivity index is 1.46. The van der Waals surface area contributed by atoms with Crippen molar-refractivity contribution in [2.75, 3.05) is 19.6 Å². The molecule has 1 saturated carbocycles. The van der Waals surface area contributed by atoms with Crippen LogP contribution >= 0.6 is 0 Å². The average molecular weight is 348 g/mol. The summed E-state index contributed by atoms with van der Waals surface area (Å²) in [5, 5.41) is 7.29. The van der Waals surface area contributed by atoms with Crippen LogP contribution in [0.15, 0.2) is 4.52 Å². The van der Waals surface area contributed by atoms with Crippen molar-refractivity contribution in [3.63, 3.8) is 0 Å². The predicted octanol–water partition coefficient (Wildman–Crippen LogP) is 2.74. The quantitative estimate of drug-likeness (QED) is 0.856. The molecule has 6 heteroatoms. The number of amides is 1. The molecule has 0 unspecified atom stereocenters. The van der Waals surface area contributed by atoms with Gasteiger partial charge in [-0.3, -0.25) is 9.69 Å². The molecule has 2 fully saturated rings. The summed E-state index contributed by atoms with van der Waals surface area (Å²) >= 11 is 0. The van der Waals surface area contributed by atoms with Crippen molar-refractivity contribution < 1.29 is 9.32 Å². The number of aromatic nitrogens is 2. The van der Waals surface area contributed by atoms with Gasteiger partial charge in [0.05, 0.1) is 6.54 Å². The Morgan fingerprint density at radius 3 is 2.76 bits per heavy atom. The van der Waals surface area contributed by atoms with E-state index in [-0.39, 0.29) is 17.2 Å². The SMILES string of the molecule is C[C@H](C(=O)NC[C@@H]1CCCN(Cc2noc(C(C)(C)C)n2)C1)C1CC1. The van der Waals surface area contributed by atoms with Crippen LogP contribution in [0.2, 0.25) is 0 Å². The number of hydrogen-bond acceptors (Lipinski definition) is 5. The van der Waals surface area contributed by atoms with Gasteiger partial charge in [-0.1, -0.05) is 32.9 Å². The van der Waals surface area contributed by atoms with Gasteiger partial charge in [-0.2, -0.15) is 4.98 Å². The maximum atomic E-state index is 12.2. The third kappa shape index (κ3) is 5.03. The largest absolute Gasteiger partial charge is 0.356 e. The molecule has 2 aliphatic rings. The molecule has 1 N–H and O–H groups in total. The molecule has 1 aliphatic heterocycles. The van der Waals surface area contributed by atoms with E-state index < -0.39 is 0 Å². The van der Waals surface area contributed by atoms with E-state index >= 15 is 0 Å². The fourth-order valence-electron chi connectivity index (χ4n) is 3.50. The summed E-state index contributed by atoms with van der Waals surface area (Å²) in [6, 6.07) is 0. The lowest BCUT2D eigenvalue weighted by atomic mass is 9.97. The fourth-order valence-corrected chi connectivity index (χ4v) is 3.50. The minimum absolute atomic E-state index is 0.113. The molecule has 1 aromatic rings. The number of piperidine rings is 1. The summed E-state index contributed by atoms with van der Waals surface area (Å²) in [6.07, 6.45) is 4.76. The van der Waals surface area contributed by atoms with E-state index in [1.165, 1.54) is 19.3 Å². The summed E-state index contributed by atoms with van der Waals surface area (Å²) in [7, 11) is 0. The lowest BCUT2D eigenvalue weighted by molar-refractivity contribution is -0.125. The first kappa shape index (κ1) is 18.4. The Kier molecular flexibility index (Phi) is 5.46. The first-order valence-electron chi connectivity index (χ1n) is 9.66. The van der Waals surface area contributed by atoms with Crippen LogP contribution in [0.25, 0.3) is 0 Å². The van der Waals surface area contributed by atoms with Crippen molar-refractivity contribution in [3.05, 3.63) is 11.7 Å². The first-order valence-corrected chi connectivity index (χ1v) is 9.66. The van der Waals surface area contributed by atoms with Crippen LogP contribution in [0.3, 0.4) is 0 Å². The number of carbonyl (C=O) groups excluding carboxylic acids is 1. The molecule has 0 bridgehead atoms. The molecule has 2 atom stereocenters. The van der Waals surface area contributed by atoms with E-state index in [1.54, 1.807) is 0 Å². The van der Waals surface area contributed by atoms with Crippen LogP contribution in [0, 0.1) is 17.8 Å². The average Bonchev–Trinajstić information content (AvgIpc) is 3.30. The highest BCUT2D eigenvalue weighted by Crippen LogP contribution is 2.36. The van der Waals surface area contributed by atoms with Gasteiger partial charge in [-0.05, 0) is 44.1 Å². The highest BCUT2D eigenvalue weighted by molar-refractivity contribution is 5.78. The molecule has 1 amide bonds. The Morgan fingerprint density at radius 1 is 1.36 bits per heavy atom. The molecule has 1 saturated heterocycles. The summed E-state index contributed by atoms with van der Waals surface area (Å²) in [5.74, 6) is 2.99. The lowest BCUT2D eigenvalue weighted by Gasteiger charge is -2.32. The summed E-state index contributed by atoms with van der Waals surface area (Å²) < 4.78 is 5.39. The van der Waals surface area contributed by atoms with Gasteiger partial charge >= 0.3 is 0 Å². The predicted molar refractivity (Wildman–Crippen MR) is 95.9 cm³/mol. The smallest absolute Gasteiger partial charge is 0.232 e. The van der Waals surface area contributed by atoms with Crippen molar-refractivity contribution in [1.82, 2.24) is 20.4 Å². The Bertz CT molecular complexity index is 588. The number of rotatable bonds is 6. The van der Waals surface area contributed by atoms with Gasteiger partial charge in [0.2, 0.25) is 11.8 Å². The standard InChI is InChI=1S/C19H32N4O2/c1-13(15-7-8-15)17(24)20-10-14-6-5-9-23(11-14)12-16-21-18(25-22-16)19(2,3)4/h13-15H,5-12H2,1-4H3,(H,20,24)/t13-,14-/m0/s1. The molecule has 1 aromatic heterocycles. The van der Waals surface area contributed by atoms with Crippen LogP contribution in [0.4, 0.5) is 0 Å². The lowest BCUT2D eigenvalue weighted by Crippen LogP contribution is -2.42. The second kappa shape index (κ2) is 7.44. The van der Waals surface area contributed by atoms with Gasteiger partial charge in [0, 0.05) is 24.4 Å². The molecule has 25 heavy (non-hydrogen) atoms. The highest BCUT2D eigenvalue weighted by atomic mass is 16.5. The zero-order valence-corrected chi connectivity index (χ0v) is 16.0. The minimum Gasteiger partial charge on any atom is -0.356 e. The molecule has 0 spiro atoms. The summed E-state index contributed by atoms with van der Waals surface area (Å²) in [6.45, 7) is 11.8. The van der Waals surface area contributed by atoms with Gasteiger partial charge in [-0.15, -0.1) is 0 Å². The molecule has 140 valence electrons. The van der Waals surface area contributed by atoms with Gasteiger partial charge in [0.25, 0.3) is 0 Å². The molecular weight excluding hydrogens is 316 g/mol. The van der Waals surface area contributed by atoms with Gasteiger partial charge in [0.15, 0.2) is 5.82 Å². The molecule has 2 heterocycles. The van der Waals surface area contributed by atoms with Crippen molar-refractivity contribution in [3.8, 4) is 0 Å². The van der Waals surface area contributed by atoms with Crippen LogP contribution < -0.4 is 5.32 Å². The third-order valence-corrected chi connectivity index (χ3v) is 5.39. The zero-order chi connectivity index (χ0) is 18.0. The summed E-state index contributed by atoms with van der Waals surface area (Å²) in [5.41, 5.74) is -0.113. The monoisotopic (exact) mass is 348 g/mol. The third-order valence-electron chi connectivity index (χ3n) is 5.39. The number of likely N-dealkylation sites (tertiary alicyclic amines) is 1. The molecule has 1 aliphatic carbocycles. The number of nitrogens with one attached hydrogen (secondary N) is 1. The van der Waals surface area contributed by atoms with Crippen molar-refractivity contribution in [2.45, 2.75) is 65.3 Å². The Hall–Kier alpha value is -1.43. The number of nitrogens with zero attached hydrogens (tertiary/aromatic N) is 3. The molecule has 3 rings (SSSR count). The van der Waals surface area contributed by atoms with E-state index in [9.17, 15) is 4.79 Å². The van der Waals surface area contributed by atoms with E-state index in [0.717, 1.165) is 38.4 Å². The molecule has 0 aromatic carbocycles. The summed E-state index contributed by atoms with van der Waals surface area (Å²) in [4.78, 5) is 19.1. The van der Waals surface area contributed by atoms with Crippen molar-refractivity contribution >= 4 is 5.91 Å². The highest BCUT2D eigenvalue weighted by Gasteiger charge is 2.33. The molecule has 0 radical (unpaired) electrons. The van der Waals surface area contributed by atoms with Crippen LogP contribution in [0.5, 0.6) is 0 Å². The van der Waals surface area contributed by atoms with Crippen LogP contribution in [0.1, 0.15) is 65.1 Å². The van der Waals surface area contributed by atoms with E-state index in [2.05, 4.69) is 48.1 Å². The van der Waals surface area contributed by atoms with Gasteiger partial charge in [0.1, 0.15) is 0 Å². The van der Waals surface area contributed by atoms with Gasteiger partial charge in [-0.25, -0.2) is 0 Å². The maximum absolute atomic E-state index is 12.2. The van der Waals surface area contributed by atoms with E-state index in [0.29, 0.717) is 17.7 Å². The fraction of sp³-hybridized carbons (Fsp3) is 0.842. The van der Waals surface area contributed by atoms with Crippen molar-refractivity contribution in [1.29, 1.82) is 0 Å². The Labute approximate surface area is 150 Å². The van der Waals surface area contributed by atoms with Gasteiger partial charge < -0.3 is 9.84 Å². The second-order valence-corrected chi connectivity index (χ2v) is 8.88. The zero-order valence-electron chi connectivity index (χ0n) is 16.0.